The van der Waals surface area contributed by atoms with Crippen LogP contribution in [-0.4, -0.2) is 106 Å². The number of carbonyl (C=O) groups is 2. The summed E-state index contributed by atoms with van der Waals surface area (Å²) in [5, 5.41) is 16.0. The zero-order chi connectivity index (χ0) is 37.7. The molecule has 52 heavy (non-hydrogen) atoms. The smallest absolute Gasteiger partial charge is 0.419 e. The van der Waals surface area contributed by atoms with Gasteiger partial charge in [-0.25, -0.2) is 14.4 Å². The van der Waals surface area contributed by atoms with E-state index in [2.05, 4.69) is 20.4 Å². The van der Waals surface area contributed by atoms with E-state index in [1.165, 1.54) is 18.2 Å². The van der Waals surface area contributed by atoms with Crippen molar-refractivity contribution < 1.29 is 37.0 Å². The lowest BCUT2D eigenvalue weighted by Crippen LogP contribution is -2.53. The number of anilines is 2. The third-order valence-electron chi connectivity index (χ3n) is 9.39. The number of amides is 2. The molecule has 2 N–H and O–H groups in total. The number of alkyl halides is 3. The highest BCUT2D eigenvalue weighted by Crippen LogP contribution is 2.35. The van der Waals surface area contributed by atoms with Gasteiger partial charge in [0.15, 0.2) is 17.3 Å². The van der Waals surface area contributed by atoms with E-state index in [4.69, 9.17) is 9.72 Å². The fourth-order valence-electron chi connectivity index (χ4n) is 6.45. The van der Waals surface area contributed by atoms with Gasteiger partial charge in [0, 0.05) is 37.6 Å². The highest BCUT2D eigenvalue weighted by atomic mass is 19.4. The number of aryl methyl sites for hydroxylation is 2. The van der Waals surface area contributed by atoms with E-state index in [1.807, 2.05) is 6.08 Å². The van der Waals surface area contributed by atoms with Gasteiger partial charge in [-0.15, -0.1) is 5.10 Å². The summed E-state index contributed by atoms with van der Waals surface area (Å²) in [6, 6.07) is 1.27. The van der Waals surface area contributed by atoms with Gasteiger partial charge in [-0.2, -0.15) is 22.7 Å². The second-order valence-electron chi connectivity index (χ2n) is 13.1. The predicted octanol–water partition coefficient (Wildman–Crippen LogP) is 1.01. The van der Waals surface area contributed by atoms with E-state index >= 15 is 0 Å². The van der Waals surface area contributed by atoms with Crippen molar-refractivity contribution in [3.63, 3.8) is 0 Å². The van der Waals surface area contributed by atoms with E-state index in [0.29, 0.717) is 37.5 Å². The van der Waals surface area contributed by atoms with Crippen LogP contribution < -0.4 is 15.8 Å². The van der Waals surface area contributed by atoms with Crippen LogP contribution in [0.1, 0.15) is 52.2 Å². The van der Waals surface area contributed by atoms with Crippen molar-refractivity contribution >= 4 is 50.2 Å². The molecule has 6 rings (SSSR count). The fraction of sp³-hybridized carbons (Fsp3) is 0.406. The summed E-state index contributed by atoms with van der Waals surface area (Å²) in [5.74, 6) is -2.75. The summed E-state index contributed by atoms with van der Waals surface area (Å²) in [4.78, 5) is 57.7. The zero-order valence-corrected chi connectivity index (χ0v) is 29.1. The predicted molar refractivity (Wildman–Crippen MR) is 186 cm³/mol. The van der Waals surface area contributed by atoms with Gasteiger partial charge < -0.3 is 29.5 Å². The normalized spacial score (nSPS) is 15.6. The Bertz CT molecular complexity index is 2180. The van der Waals surface area contributed by atoms with Gasteiger partial charge in [0.2, 0.25) is 11.7 Å². The molecule has 20 heteroatoms. The molecule has 1 fully saturated rings. The van der Waals surface area contributed by atoms with Crippen molar-refractivity contribution in [2.24, 2.45) is 0 Å². The second-order valence-corrected chi connectivity index (χ2v) is 13.1. The Kier molecular flexibility index (Phi) is 9.63. The van der Waals surface area contributed by atoms with E-state index in [-0.39, 0.29) is 78.3 Å². The van der Waals surface area contributed by atoms with Gasteiger partial charge in [0.1, 0.15) is 33.5 Å². The summed E-state index contributed by atoms with van der Waals surface area (Å²) in [5.41, 5.74) is -0.613. The lowest BCUT2D eigenvalue weighted by Gasteiger charge is -2.38. The van der Waals surface area contributed by atoms with Gasteiger partial charge in [0.05, 0.1) is 29.8 Å². The first-order valence-electron chi connectivity index (χ1n) is 16.6. The molecule has 0 atom stereocenters. The SMILES string of the molecule is BC(B)(C(=O)Nc1cc(F)c(C(F)(F)F)cc1C)n1c(CC)c(N2CCN(C(=O)c3ncnc(C)c3O)CC2)c(=O)n2nc(C3=CCOCC3)nc12. The van der Waals surface area contributed by atoms with Crippen LogP contribution in [0.5, 0.6) is 5.75 Å². The van der Waals surface area contributed by atoms with Crippen molar-refractivity contribution in [1.82, 2.24) is 34.0 Å². The zero-order valence-electron chi connectivity index (χ0n) is 29.1. The number of halogens is 4. The van der Waals surface area contributed by atoms with Gasteiger partial charge in [0.25, 0.3) is 11.5 Å². The molecule has 2 aliphatic rings. The number of benzene rings is 1. The standard InChI is InChI=1S/C32H35B2F4N9O5/c1-4-22-24(44-7-9-45(10-8-44)27(49)23-25(48)17(3)39-15-40-23)28(50)47-30(42-26(43-47)18-5-11-52-12-6-18)46(22)31(33,34)29(51)41-21-14-20(35)19(13-16(21)2)32(36,37)38/h5,13-15,48H,4,6-12,33-34H2,1-3H3,(H,41,51). The average molecular weight is 723 g/mol. The van der Waals surface area contributed by atoms with Crippen LogP contribution in [0.3, 0.4) is 0 Å². The van der Waals surface area contributed by atoms with E-state index < -0.39 is 40.3 Å². The largest absolute Gasteiger partial charge is 0.504 e. The van der Waals surface area contributed by atoms with E-state index in [0.717, 1.165) is 10.1 Å². The number of hydrogen-bond donors (Lipinski definition) is 2. The molecular weight excluding hydrogens is 688 g/mol. The summed E-state index contributed by atoms with van der Waals surface area (Å²) < 4.78 is 62.9. The van der Waals surface area contributed by atoms with Crippen LogP contribution in [0.25, 0.3) is 11.4 Å². The van der Waals surface area contributed by atoms with Gasteiger partial charge in [-0.3, -0.25) is 14.4 Å². The van der Waals surface area contributed by atoms with Crippen molar-refractivity contribution in [1.29, 1.82) is 0 Å². The molecule has 0 spiro atoms. The number of fused-ring (bicyclic) bond motifs is 1. The molecule has 1 saturated heterocycles. The molecule has 2 amide bonds. The minimum Gasteiger partial charge on any atom is -0.504 e. The third-order valence-corrected chi connectivity index (χ3v) is 9.39. The molecule has 0 aliphatic carbocycles. The molecule has 0 unspecified atom stereocenters. The summed E-state index contributed by atoms with van der Waals surface area (Å²) in [6.45, 7) is 6.16. The highest BCUT2D eigenvalue weighted by Gasteiger charge is 2.39. The monoisotopic (exact) mass is 723 g/mol. The Morgan fingerprint density at radius 1 is 1.10 bits per heavy atom. The molecule has 14 nitrogen and oxygen atoms in total. The number of aromatic hydroxyl groups is 1. The maximum atomic E-state index is 14.6. The Balaban J connectivity index is 1.42. The number of nitrogens with zero attached hydrogens (tertiary/aromatic N) is 8. The summed E-state index contributed by atoms with van der Waals surface area (Å²) in [7, 11) is 3.11. The number of aromatic nitrogens is 6. The van der Waals surface area contributed by atoms with Gasteiger partial charge >= 0.3 is 6.18 Å². The fourth-order valence-corrected chi connectivity index (χ4v) is 6.45. The quantitative estimate of drug-likeness (QED) is 0.208. The molecule has 3 aromatic heterocycles. The van der Waals surface area contributed by atoms with Gasteiger partial charge in [-0.1, -0.05) is 13.0 Å². The van der Waals surface area contributed by atoms with Gasteiger partial charge in [-0.05, 0) is 50.0 Å². The van der Waals surface area contributed by atoms with Crippen LogP contribution in [0.2, 0.25) is 0 Å². The number of nitrogens with one attached hydrogen (secondary N) is 1. The molecular formula is C32H35B2F4N9O5. The van der Waals surface area contributed by atoms with Crippen LogP contribution in [0.15, 0.2) is 29.3 Å². The molecule has 0 saturated carbocycles. The molecule has 2 aliphatic heterocycles. The Morgan fingerprint density at radius 2 is 1.81 bits per heavy atom. The maximum absolute atomic E-state index is 14.6. The Hall–Kier alpha value is -5.26. The molecule has 1 aromatic carbocycles. The minimum absolute atomic E-state index is 0.00610. The first-order chi connectivity index (χ1) is 24.5. The van der Waals surface area contributed by atoms with Crippen LogP contribution in [-0.2, 0) is 27.5 Å². The van der Waals surface area contributed by atoms with Crippen molar-refractivity contribution in [3.8, 4) is 5.75 Å². The first-order valence-corrected chi connectivity index (χ1v) is 16.6. The van der Waals surface area contributed by atoms with Crippen molar-refractivity contribution in [2.45, 2.75) is 45.1 Å². The summed E-state index contributed by atoms with van der Waals surface area (Å²) >= 11 is 0. The van der Waals surface area contributed by atoms with Crippen molar-refractivity contribution in [3.05, 3.63) is 74.7 Å². The minimum atomic E-state index is -4.93. The number of hydrogen-bond acceptors (Lipinski definition) is 10. The molecule has 0 bridgehead atoms. The molecule has 4 aromatic rings. The number of piperazine rings is 1. The lowest BCUT2D eigenvalue weighted by atomic mass is 9.60. The van der Waals surface area contributed by atoms with E-state index in [1.54, 1.807) is 39.0 Å². The van der Waals surface area contributed by atoms with Crippen LogP contribution in [0.4, 0.5) is 28.9 Å². The number of rotatable bonds is 7. The van der Waals surface area contributed by atoms with E-state index in [9.17, 15) is 37.1 Å². The highest BCUT2D eigenvalue weighted by molar-refractivity contribution is 6.50. The molecule has 272 valence electrons. The number of ether oxygens (including phenoxy) is 1. The third kappa shape index (κ3) is 6.50. The van der Waals surface area contributed by atoms with Crippen molar-refractivity contribution in [2.75, 3.05) is 49.6 Å². The Labute approximate surface area is 296 Å². The maximum Gasteiger partial charge on any atom is 0.419 e. The molecule has 0 radical (unpaired) electrons. The lowest BCUT2D eigenvalue weighted by molar-refractivity contribution is -0.140. The Morgan fingerprint density at radius 3 is 2.44 bits per heavy atom. The topological polar surface area (TPSA) is 160 Å². The molecule has 5 heterocycles. The number of carbonyl (C=O) groups excluding carboxylic acids is 2. The first kappa shape index (κ1) is 36.5. The van der Waals surface area contributed by atoms with Crippen LogP contribution in [0, 0.1) is 19.7 Å². The second kappa shape index (κ2) is 13.7. The average Bonchev–Trinajstić information content (AvgIpc) is 3.56. The van der Waals surface area contributed by atoms with Crippen LogP contribution >= 0.6 is 0 Å². The summed E-state index contributed by atoms with van der Waals surface area (Å²) in [6.07, 6.45) is -1.21.